The van der Waals surface area contributed by atoms with Gasteiger partial charge in [0, 0.05) is 30.9 Å². The Morgan fingerprint density at radius 2 is 2.17 bits per heavy atom. The lowest BCUT2D eigenvalue weighted by molar-refractivity contribution is 0.697. The summed E-state index contributed by atoms with van der Waals surface area (Å²) < 4.78 is 0. The van der Waals surface area contributed by atoms with Gasteiger partial charge >= 0.3 is 0 Å². The molecule has 0 spiro atoms. The summed E-state index contributed by atoms with van der Waals surface area (Å²) in [6.07, 6.45) is 0. The van der Waals surface area contributed by atoms with Gasteiger partial charge in [0.05, 0.1) is 18.3 Å². The molecule has 2 aromatic heterocycles. The van der Waals surface area contributed by atoms with Gasteiger partial charge in [-0.05, 0) is 25.3 Å². The molecule has 1 atom stereocenters. The van der Waals surface area contributed by atoms with Gasteiger partial charge in [-0.15, -0.1) is 46.7 Å². The van der Waals surface area contributed by atoms with Crippen LogP contribution in [0.5, 0.6) is 0 Å². The number of nitrogens with zero attached hydrogens (tertiary/aromatic N) is 3. The van der Waals surface area contributed by atoms with Crippen LogP contribution in [0.2, 0.25) is 0 Å². The summed E-state index contributed by atoms with van der Waals surface area (Å²) in [5.74, 6) is 0.822. The van der Waals surface area contributed by atoms with E-state index in [9.17, 15) is 0 Å². The van der Waals surface area contributed by atoms with Crippen LogP contribution in [0.15, 0.2) is 27.9 Å². The molecule has 0 aliphatic carbocycles. The zero-order valence-corrected chi connectivity index (χ0v) is 17.8. The van der Waals surface area contributed by atoms with Crippen molar-refractivity contribution in [2.45, 2.75) is 26.4 Å². The number of guanidine groups is 1. The van der Waals surface area contributed by atoms with Crippen LogP contribution < -0.4 is 15.5 Å². The number of anilines is 1. The Bertz CT molecular complexity index is 595. The second-order valence-electron chi connectivity index (χ2n) is 5.09. The molecule has 0 saturated carbocycles. The molecule has 0 aliphatic rings. The summed E-state index contributed by atoms with van der Waals surface area (Å²) in [6, 6.07) is 4.45. The first kappa shape index (κ1) is 20.2. The molecular formula is C15H24IN5S2. The molecule has 0 amide bonds. The van der Waals surface area contributed by atoms with Gasteiger partial charge in [0.15, 0.2) is 11.1 Å². The number of aromatic nitrogens is 1. The van der Waals surface area contributed by atoms with Gasteiger partial charge in [-0.1, -0.05) is 6.07 Å². The van der Waals surface area contributed by atoms with Crippen molar-refractivity contribution < 1.29 is 0 Å². The summed E-state index contributed by atoms with van der Waals surface area (Å²) >= 11 is 3.39. The largest absolute Gasteiger partial charge is 0.357 e. The molecule has 0 fully saturated rings. The molecule has 0 aromatic carbocycles. The Balaban J connectivity index is 0.00000264. The van der Waals surface area contributed by atoms with Crippen molar-refractivity contribution in [2.75, 3.05) is 25.5 Å². The zero-order valence-electron chi connectivity index (χ0n) is 13.9. The first-order valence-electron chi connectivity index (χ1n) is 7.30. The average Bonchev–Trinajstić information content (AvgIpc) is 3.16. The second kappa shape index (κ2) is 10.1. The van der Waals surface area contributed by atoms with Gasteiger partial charge < -0.3 is 15.5 Å². The van der Waals surface area contributed by atoms with Gasteiger partial charge in [-0.25, -0.2) is 9.98 Å². The molecular weight excluding hydrogens is 441 g/mol. The van der Waals surface area contributed by atoms with Crippen molar-refractivity contribution in [1.29, 1.82) is 0 Å². The lowest BCUT2D eigenvalue weighted by Gasteiger charge is -2.16. The Hall–Kier alpha value is -0.870. The lowest BCUT2D eigenvalue weighted by atomic mass is 10.3. The van der Waals surface area contributed by atoms with Crippen LogP contribution in [0.3, 0.4) is 0 Å². The van der Waals surface area contributed by atoms with Gasteiger partial charge in [-0.3, -0.25) is 0 Å². The smallest absolute Gasteiger partial charge is 0.192 e. The predicted molar refractivity (Wildman–Crippen MR) is 113 cm³/mol. The molecule has 0 aliphatic heterocycles. The van der Waals surface area contributed by atoms with Crippen LogP contribution in [0, 0.1) is 0 Å². The van der Waals surface area contributed by atoms with Crippen molar-refractivity contribution in [3.8, 4) is 0 Å². The average molecular weight is 465 g/mol. The molecule has 2 aromatic rings. The zero-order chi connectivity index (χ0) is 15.9. The quantitative estimate of drug-likeness (QED) is 0.388. The first-order valence-corrected chi connectivity index (χ1v) is 9.06. The van der Waals surface area contributed by atoms with Crippen molar-refractivity contribution in [2.24, 2.45) is 4.99 Å². The third-order valence-corrected chi connectivity index (χ3v) is 5.10. The van der Waals surface area contributed by atoms with Gasteiger partial charge in [0.2, 0.25) is 0 Å². The molecule has 2 heterocycles. The number of hydrogen-bond acceptors (Lipinski definition) is 5. The van der Waals surface area contributed by atoms with Crippen molar-refractivity contribution in [1.82, 2.24) is 15.6 Å². The molecule has 0 bridgehead atoms. The van der Waals surface area contributed by atoms with Crippen LogP contribution in [0.25, 0.3) is 0 Å². The van der Waals surface area contributed by atoms with E-state index in [1.165, 1.54) is 4.88 Å². The highest BCUT2D eigenvalue weighted by atomic mass is 127. The van der Waals surface area contributed by atoms with Crippen LogP contribution in [0.1, 0.15) is 30.5 Å². The van der Waals surface area contributed by atoms with Crippen molar-refractivity contribution in [3.05, 3.63) is 33.5 Å². The molecule has 128 valence electrons. The Kier molecular flexibility index (Phi) is 8.85. The normalized spacial score (nSPS) is 12.4. The summed E-state index contributed by atoms with van der Waals surface area (Å²) in [7, 11) is 4.00. The van der Waals surface area contributed by atoms with Crippen molar-refractivity contribution in [3.63, 3.8) is 0 Å². The van der Waals surface area contributed by atoms with Gasteiger partial charge in [0.25, 0.3) is 0 Å². The van der Waals surface area contributed by atoms with Crippen LogP contribution >= 0.6 is 46.7 Å². The van der Waals surface area contributed by atoms with Crippen LogP contribution in [0.4, 0.5) is 5.13 Å². The van der Waals surface area contributed by atoms with E-state index in [4.69, 9.17) is 0 Å². The van der Waals surface area contributed by atoms with Gasteiger partial charge in [0.1, 0.15) is 0 Å². The fraction of sp³-hybridized carbons (Fsp3) is 0.467. The minimum Gasteiger partial charge on any atom is -0.357 e. The van der Waals surface area contributed by atoms with E-state index in [0.717, 1.165) is 23.3 Å². The topological polar surface area (TPSA) is 52.6 Å². The number of aliphatic imine (C=N–C) groups is 1. The van der Waals surface area contributed by atoms with Crippen LogP contribution in [-0.2, 0) is 6.54 Å². The molecule has 5 nitrogen and oxygen atoms in total. The fourth-order valence-corrected chi connectivity index (χ4v) is 3.35. The Labute approximate surface area is 163 Å². The Morgan fingerprint density at radius 3 is 2.74 bits per heavy atom. The van der Waals surface area contributed by atoms with E-state index in [1.54, 1.807) is 22.7 Å². The monoisotopic (exact) mass is 465 g/mol. The minimum atomic E-state index is 0. The molecule has 1 unspecified atom stereocenters. The number of halogens is 1. The molecule has 2 rings (SSSR count). The van der Waals surface area contributed by atoms with E-state index < -0.39 is 0 Å². The fourth-order valence-electron chi connectivity index (χ4n) is 1.87. The second-order valence-corrected chi connectivity index (χ2v) is 6.91. The maximum Gasteiger partial charge on any atom is 0.192 e. The van der Waals surface area contributed by atoms with Crippen LogP contribution in [-0.4, -0.2) is 31.6 Å². The van der Waals surface area contributed by atoms with E-state index in [2.05, 4.69) is 57.4 Å². The summed E-state index contributed by atoms with van der Waals surface area (Å²) in [6.45, 7) is 5.63. The molecule has 2 N–H and O–H groups in total. The highest BCUT2D eigenvalue weighted by Gasteiger charge is 2.09. The molecule has 8 heteroatoms. The van der Waals surface area contributed by atoms with E-state index in [1.807, 2.05) is 19.0 Å². The van der Waals surface area contributed by atoms with Crippen molar-refractivity contribution >= 4 is 57.7 Å². The summed E-state index contributed by atoms with van der Waals surface area (Å²) in [5.41, 5.74) is 0.995. The third-order valence-electron chi connectivity index (χ3n) is 2.99. The first-order chi connectivity index (χ1) is 10.6. The maximum absolute atomic E-state index is 4.63. The third kappa shape index (κ3) is 6.27. The highest BCUT2D eigenvalue weighted by molar-refractivity contribution is 14.0. The predicted octanol–water partition coefficient (Wildman–Crippen LogP) is 3.70. The Morgan fingerprint density at radius 1 is 1.39 bits per heavy atom. The minimum absolute atomic E-state index is 0. The molecule has 0 radical (unpaired) electrons. The van der Waals surface area contributed by atoms with E-state index in [0.29, 0.717) is 6.54 Å². The summed E-state index contributed by atoms with van der Waals surface area (Å²) in [5, 5.41) is 11.9. The maximum atomic E-state index is 4.63. The van der Waals surface area contributed by atoms with E-state index in [-0.39, 0.29) is 30.0 Å². The van der Waals surface area contributed by atoms with E-state index >= 15 is 0 Å². The summed E-state index contributed by atoms with van der Waals surface area (Å²) in [4.78, 5) is 12.5. The number of hydrogen-bond donors (Lipinski definition) is 2. The number of thiazole rings is 1. The number of thiophene rings is 1. The number of nitrogens with one attached hydrogen (secondary N) is 2. The molecule has 23 heavy (non-hydrogen) atoms. The number of rotatable bonds is 6. The lowest BCUT2D eigenvalue weighted by Crippen LogP contribution is -2.38. The SMILES string of the molecule is CCNC(=NCc1csc(N(C)C)n1)NC(C)c1cccs1.I. The highest BCUT2D eigenvalue weighted by Crippen LogP contribution is 2.19. The molecule has 0 saturated heterocycles. The van der Waals surface area contributed by atoms with Gasteiger partial charge in [-0.2, -0.15) is 0 Å². The standard InChI is InChI=1S/C15H23N5S2.HI/c1-5-16-14(18-11(2)13-7-6-8-21-13)17-9-12-10-22-15(19-12)20(3)4;/h6-8,10-11H,5,9H2,1-4H3,(H2,16,17,18);1H.